The van der Waals surface area contributed by atoms with Crippen molar-refractivity contribution in [2.24, 2.45) is 5.41 Å². The molecule has 2 amide bonds. The number of methoxy groups -OCH3 is 1. The molecule has 13 nitrogen and oxygen atoms in total. The Morgan fingerprint density at radius 2 is 1.77 bits per heavy atom. The standard InChI is InChI=1S/C37H47ClN6O7S/c1-23-31(42-17-16-41(4)24(20-42)22-50-5)7-6-26-25-8-13-43(21-29(25)36(47)51-33(23)26)35(46)27-19-32(40(2)3)28(18-30(27)38)34(45)39-52(48,49)44-14-11-37(9-10-37)12-15-44/h6-7,18-19,24H,8-17,20-22H2,1-5H3,(H,39,45). The topological polar surface area (TPSA) is 136 Å². The first-order valence-electron chi connectivity index (χ1n) is 17.9. The molecule has 1 N–H and O–H groups in total. The van der Waals surface area contributed by atoms with Crippen molar-refractivity contribution in [3.63, 3.8) is 0 Å². The quantitative estimate of drug-likeness (QED) is 0.340. The molecule has 280 valence electrons. The van der Waals surface area contributed by atoms with Gasteiger partial charge >= 0.3 is 15.8 Å². The summed E-state index contributed by atoms with van der Waals surface area (Å²) in [5.41, 5.74) is 4.08. The van der Waals surface area contributed by atoms with E-state index in [4.69, 9.17) is 20.8 Å². The Kier molecular flexibility index (Phi) is 9.83. The first-order valence-corrected chi connectivity index (χ1v) is 19.7. The average molecular weight is 755 g/mol. The molecule has 15 heteroatoms. The number of aryl methyl sites for hydroxylation is 1. The number of likely N-dealkylation sites (N-methyl/N-ethyl adjacent to an activating group) is 1. The van der Waals surface area contributed by atoms with Crippen molar-refractivity contribution in [1.82, 2.24) is 18.8 Å². The van der Waals surface area contributed by atoms with E-state index in [0.29, 0.717) is 49.5 Å². The molecule has 2 aromatic carbocycles. The zero-order chi connectivity index (χ0) is 37.1. The van der Waals surface area contributed by atoms with Gasteiger partial charge in [0.15, 0.2) is 0 Å². The number of amides is 2. The first-order chi connectivity index (χ1) is 24.7. The number of ether oxygens (including phenoxy) is 1. The predicted molar refractivity (Wildman–Crippen MR) is 201 cm³/mol. The second-order valence-corrected chi connectivity index (χ2v) is 17.1. The highest BCUT2D eigenvalue weighted by molar-refractivity contribution is 7.87. The number of piperazine rings is 1. The largest absolute Gasteiger partial charge is 0.422 e. The molecule has 1 atom stereocenters. The number of hydrogen-bond donors (Lipinski definition) is 1. The lowest BCUT2D eigenvalue weighted by Gasteiger charge is -2.41. The van der Waals surface area contributed by atoms with Crippen molar-refractivity contribution in [2.75, 3.05) is 83.9 Å². The van der Waals surface area contributed by atoms with Gasteiger partial charge in [-0.2, -0.15) is 12.7 Å². The number of nitrogens with one attached hydrogen (secondary N) is 1. The third-order valence-electron chi connectivity index (χ3n) is 11.6. The molecule has 52 heavy (non-hydrogen) atoms. The summed E-state index contributed by atoms with van der Waals surface area (Å²) in [5, 5.41) is 0.864. The Hall–Kier alpha value is -3.69. The van der Waals surface area contributed by atoms with Gasteiger partial charge in [0.05, 0.1) is 40.9 Å². The van der Waals surface area contributed by atoms with Crippen LogP contribution in [0.15, 0.2) is 33.5 Å². The number of carbonyl (C=O) groups excluding carboxylic acids is 2. The van der Waals surface area contributed by atoms with Crippen molar-refractivity contribution in [3.8, 4) is 0 Å². The van der Waals surface area contributed by atoms with Gasteiger partial charge in [0.1, 0.15) is 5.58 Å². The molecule has 1 unspecified atom stereocenters. The lowest BCUT2D eigenvalue weighted by molar-refractivity contribution is 0.0732. The van der Waals surface area contributed by atoms with Crippen LogP contribution >= 0.6 is 11.6 Å². The van der Waals surface area contributed by atoms with Crippen LogP contribution in [-0.4, -0.2) is 115 Å². The molecule has 2 saturated heterocycles. The Morgan fingerprint density at radius 3 is 2.44 bits per heavy atom. The zero-order valence-electron chi connectivity index (χ0n) is 30.5. The van der Waals surface area contributed by atoms with Crippen LogP contribution in [0.3, 0.4) is 0 Å². The highest BCUT2D eigenvalue weighted by Gasteiger charge is 2.46. The molecular formula is C37H47ClN6O7S. The fourth-order valence-corrected chi connectivity index (χ4v) is 9.45. The van der Waals surface area contributed by atoms with Crippen LogP contribution in [0, 0.1) is 12.3 Å². The van der Waals surface area contributed by atoms with Crippen LogP contribution < -0.4 is 20.1 Å². The van der Waals surface area contributed by atoms with Gasteiger partial charge in [0.25, 0.3) is 11.8 Å². The van der Waals surface area contributed by atoms with Crippen LogP contribution in [0.1, 0.15) is 63.1 Å². The number of fused-ring (bicyclic) bond motifs is 3. The summed E-state index contributed by atoms with van der Waals surface area (Å²) < 4.78 is 41.3. The van der Waals surface area contributed by atoms with Gasteiger partial charge in [-0.3, -0.25) is 14.5 Å². The van der Waals surface area contributed by atoms with Crippen LogP contribution in [0.4, 0.5) is 11.4 Å². The normalized spacial score (nSPS) is 20.6. The van der Waals surface area contributed by atoms with Crippen molar-refractivity contribution in [1.29, 1.82) is 0 Å². The fraction of sp³-hybridized carbons (Fsp3) is 0.541. The Bertz CT molecular complexity index is 2090. The maximum atomic E-state index is 14.0. The molecule has 4 aliphatic rings. The monoisotopic (exact) mass is 754 g/mol. The minimum atomic E-state index is -4.07. The van der Waals surface area contributed by atoms with Crippen LogP contribution in [0.25, 0.3) is 11.0 Å². The van der Waals surface area contributed by atoms with E-state index in [-0.39, 0.29) is 34.2 Å². The summed E-state index contributed by atoms with van der Waals surface area (Å²) in [6.45, 7) is 6.26. The number of piperidine rings is 1. The Balaban J connectivity index is 1.11. The summed E-state index contributed by atoms with van der Waals surface area (Å²) in [5.74, 6) is -1.24. The van der Waals surface area contributed by atoms with Crippen LogP contribution in [-0.2, 0) is 27.9 Å². The van der Waals surface area contributed by atoms with E-state index >= 15 is 0 Å². The second kappa shape index (κ2) is 13.9. The molecule has 1 aromatic heterocycles. The number of carbonyl (C=O) groups is 2. The fourth-order valence-electron chi connectivity index (χ4n) is 8.07. The van der Waals surface area contributed by atoms with Crippen LogP contribution in [0.5, 0.6) is 0 Å². The number of anilines is 2. The smallest absolute Gasteiger partial charge is 0.341 e. The molecule has 1 spiro atoms. The zero-order valence-corrected chi connectivity index (χ0v) is 32.0. The summed E-state index contributed by atoms with van der Waals surface area (Å²) in [7, 11) is 3.14. The van der Waals surface area contributed by atoms with E-state index in [0.717, 1.165) is 67.5 Å². The van der Waals surface area contributed by atoms with Crippen molar-refractivity contribution < 1.29 is 27.2 Å². The van der Waals surface area contributed by atoms with Gasteiger partial charge in [-0.1, -0.05) is 11.6 Å². The lowest BCUT2D eigenvalue weighted by Crippen LogP contribution is -2.53. The third kappa shape index (κ3) is 6.79. The molecule has 4 heterocycles. The van der Waals surface area contributed by atoms with Crippen LogP contribution in [0.2, 0.25) is 5.02 Å². The summed E-state index contributed by atoms with van der Waals surface area (Å²) in [4.78, 5) is 48.7. The lowest BCUT2D eigenvalue weighted by atomic mass is 9.95. The molecule has 3 aromatic rings. The van der Waals surface area contributed by atoms with Gasteiger partial charge in [0, 0.05) is 82.8 Å². The number of rotatable bonds is 8. The van der Waals surface area contributed by atoms with E-state index in [2.05, 4.69) is 27.6 Å². The minimum absolute atomic E-state index is 0.00272. The highest BCUT2D eigenvalue weighted by atomic mass is 35.5. The van der Waals surface area contributed by atoms with Crippen molar-refractivity contribution in [3.05, 3.63) is 67.5 Å². The number of halogens is 1. The molecule has 1 saturated carbocycles. The highest BCUT2D eigenvalue weighted by Crippen LogP contribution is 2.53. The maximum Gasteiger partial charge on any atom is 0.341 e. The minimum Gasteiger partial charge on any atom is -0.422 e. The first kappa shape index (κ1) is 36.7. The van der Waals surface area contributed by atoms with Crippen molar-refractivity contribution in [2.45, 2.75) is 51.6 Å². The molecule has 0 bridgehead atoms. The van der Waals surface area contributed by atoms with E-state index in [9.17, 15) is 22.8 Å². The van der Waals surface area contributed by atoms with Gasteiger partial charge in [-0.25, -0.2) is 9.52 Å². The number of hydrogen-bond acceptors (Lipinski definition) is 10. The van der Waals surface area contributed by atoms with E-state index in [1.54, 1.807) is 31.0 Å². The third-order valence-corrected chi connectivity index (χ3v) is 13.4. The molecular weight excluding hydrogens is 708 g/mol. The van der Waals surface area contributed by atoms with Gasteiger partial charge in [-0.05, 0) is 81.3 Å². The maximum absolute atomic E-state index is 14.0. The van der Waals surface area contributed by atoms with E-state index in [1.807, 2.05) is 13.0 Å². The second-order valence-electron chi connectivity index (χ2n) is 15.0. The Morgan fingerprint density at radius 1 is 1.04 bits per heavy atom. The predicted octanol–water partition coefficient (Wildman–Crippen LogP) is 3.64. The molecule has 7 rings (SSSR count). The molecule has 1 aliphatic carbocycles. The molecule has 0 radical (unpaired) electrons. The SMILES string of the molecule is COCC1CN(c2ccc3c4c(c(=O)oc3c2C)CN(C(=O)c2cc(N(C)C)c(C(=O)NS(=O)(=O)N3CCC5(CC3)CC5)cc2Cl)CC4)CCN1C. The number of benzene rings is 2. The van der Waals surface area contributed by atoms with Gasteiger partial charge in [-0.15, -0.1) is 0 Å². The summed E-state index contributed by atoms with van der Waals surface area (Å²) >= 11 is 6.66. The van der Waals surface area contributed by atoms with E-state index < -0.39 is 27.6 Å². The van der Waals surface area contributed by atoms with Gasteiger partial charge < -0.3 is 23.9 Å². The molecule has 3 fully saturated rings. The summed E-state index contributed by atoms with van der Waals surface area (Å²) in [6, 6.07) is 7.19. The van der Waals surface area contributed by atoms with Gasteiger partial charge in [0.2, 0.25) is 0 Å². The van der Waals surface area contributed by atoms with E-state index in [1.165, 1.54) is 16.4 Å². The summed E-state index contributed by atoms with van der Waals surface area (Å²) in [6.07, 6.45) is 4.29. The average Bonchev–Trinajstić information content (AvgIpc) is 3.87. The Labute approximate surface area is 309 Å². The number of nitrogens with zero attached hydrogens (tertiary/aromatic N) is 5. The van der Waals surface area contributed by atoms with Crippen molar-refractivity contribution >= 4 is 56.0 Å². The molecule has 3 aliphatic heterocycles.